The van der Waals surface area contributed by atoms with Crippen molar-refractivity contribution >= 4 is 10.2 Å². The van der Waals surface area contributed by atoms with E-state index in [1.165, 1.54) is 10.7 Å². The van der Waals surface area contributed by atoms with Crippen LogP contribution in [-0.2, 0) is 16.8 Å². The van der Waals surface area contributed by atoms with Crippen molar-refractivity contribution in [1.82, 2.24) is 24.5 Å². The monoisotopic (exact) mass is 303 g/mol. The smallest absolute Gasteiger partial charge is 0.279 e. The molecule has 0 saturated carbocycles. The van der Waals surface area contributed by atoms with E-state index in [1.54, 1.807) is 0 Å². The molecular formula is C11H21N5O3S. The van der Waals surface area contributed by atoms with E-state index < -0.39 is 10.2 Å². The summed E-state index contributed by atoms with van der Waals surface area (Å²) in [5.41, 5.74) is 0. The van der Waals surface area contributed by atoms with Gasteiger partial charge >= 0.3 is 0 Å². The van der Waals surface area contributed by atoms with Gasteiger partial charge in [0.1, 0.15) is 0 Å². The van der Waals surface area contributed by atoms with E-state index in [0.717, 1.165) is 25.9 Å². The Balaban J connectivity index is 1.87. The average Bonchev–Trinajstić information content (AvgIpc) is 2.97. The summed E-state index contributed by atoms with van der Waals surface area (Å²) in [5, 5.41) is 6.85. The molecule has 9 heteroatoms. The molecule has 0 radical (unpaired) electrons. The first kappa shape index (κ1) is 15.4. The summed E-state index contributed by atoms with van der Waals surface area (Å²) in [7, 11) is -3.48. The normalized spacial score (nSPS) is 21.1. The predicted octanol–water partition coefficient (Wildman–Crippen LogP) is -0.274. The minimum absolute atomic E-state index is 0.0488. The number of hydrogen-bond acceptors (Lipinski definition) is 6. The Labute approximate surface area is 119 Å². The zero-order valence-corrected chi connectivity index (χ0v) is 12.4. The third kappa shape index (κ3) is 4.23. The second kappa shape index (κ2) is 7.11. The molecule has 0 aliphatic carbocycles. The van der Waals surface area contributed by atoms with E-state index in [-0.39, 0.29) is 6.54 Å². The van der Waals surface area contributed by atoms with Crippen LogP contribution in [0.15, 0.2) is 10.9 Å². The highest BCUT2D eigenvalue weighted by atomic mass is 32.2. The van der Waals surface area contributed by atoms with Crippen LogP contribution in [0.2, 0.25) is 0 Å². The maximum absolute atomic E-state index is 12.2. The molecule has 0 bridgehead atoms. The zero-order valence-electron chi connectivity index (χ0n) is 11.6. The number of hydrogen-bond donors (Lipinski definition) is 2. The molecule has 1 aromatic rings. The molecule has 1 saturated heterocycles. The fourth-order valence-corrected chi connectivity index (χ4v) is 3.55. The summed E-state index contributed by atoms with van der Waals surface area (Å²) in [6, 6.07) is 0. The van der Waals surface area contributed by atoms with Crippen LogP contribution >= 0.6 is 0 Å². The van der Waals surface area contributed by atoms with E-state index in [4.69, 9.17) is 0 Å². The van der Waals surface area contributed by atoms with Gasteiger partial charge in [-0.05, 0) is 31.8 Å². The molecule has 114 valence electrons. The van der Waals surface area contributed by atoms with Crippen molar-refractivity contribution in [3.05, 3.63) is 12.2 Å². The maximum Gasteiger partial charge on any atom is 0.279 e. The topological polar surface area (TPSA) is 100 Å². The van der Waals surface area contributed by atoms with Crippen LogP contribution in [0.4, 0.5) is 0 Å². The lowest BCUT2D eigenvalue weighted by Gasteiger charge is -2.31. The van der Waals surface area contributed by atoms with Gasteiger partial charge in [0.2, 0.25) is 6.39 Å². The molecule has 0 amide bonds. The van der Waals surface area contributed by atoms with Gasteiger partial charge in [-0.3, -0.25) is 0 Å². The summed E-state index contributed by atoms with van der Waals surface area (Å²) in [6.07, 6.45) is 3.13. The van der Waals surface area contributed by atoms with Gasteiger partial charge in [-0.1, -0.05) is 12.1 Å². The molecule has 1 aromatic heterocycles. The van der Waals surface area contributed by atoms with Crippen LogP contribution in [0.1, 0.15) is 25.6 Å². The minimum Gasteiger partial charge on any atom is -0.343 e. The molecule has 1 aliphatic heterocycles. The van der Waals surface area contributed by atoms with Crippen LogP contribution in [0.5, 0.6) is 0 Å². The molecule has 2 heterocycles. The SMILES string of the molecule is CCNCC1CCCN(S(=O)(=O)NCc2ncon2)C1. The van der Waals surface area contributed by atoms with E-state index in [9.17, 15) is 8.42 Å². The van der Waals surface area contributed by atoms with E-state index in [2.05, 4.69) is 24.7 Å². The lowest BCUT2D eigenvalue weighted by Crippen LogP contribution is -2.47. The molecular weight excluding hydrogens is 282 g/mol. The third-order valence-corrected chi connectivity index (χ3v) is 4.84. The Morgan fingerprint density at radius 1 is 1.55 bits per heavy atom. The third-order valence-electron chi connectivity index (χ3n) is 3.32. The quantitative estimate of drug-likeness (QED) is 0.719. The number of nitrogens with one attached hydrogen (secondary N) is 2. The highest BCUT2D eigenvalue weighted by molar-refractivity contribution is 7.87. The Kier molecular flexibility index (Phi) is 5.46. The standard InChI is InChI=1S/C11H21N5O3S/c1-2-12-6-10-4-3-5-16(8-10)20(17,18)14-7-11-13-9-19-15-11/h9-10,12,14H,2-8H2,1H3. The van der Waals surface area contributed by atoms with E-state index >= 15 is 0 Å². The molecule has 1 fully saturated rings. The largest absolute Gasteiger partial charge is 0.343 e. The van der Waals surface area contributed by atoms with Gasteiger partial charge in [0.25, 0.3) is 10.2 Å². The van der Waals surface area contributed by atoms with Gasteiger partial charge in [-0.25, -0.2) is 0 Å². The summed E-state index contributed by atoms with van der Waals surface area (Å²) >= 11 is 0. The summed E-state index contributed by atoms with van der Waals surface area (Å²) in [5.74, 6) is 0.695. The first-order chi connectivity index (χ1) is 9.62. The first-order valence-electron chi connectivity index (χ1n) is 6.82. The molecule has 20 heavy (non-hydrogen) atoms. The fraction of sp³-hybridized carbons (Fsp3) is 0.818. The molecule has 1 atom stereocenters. The Morgan fingerprint density at radius 3 is 3.10 bits per heavy atom. The van der Waals surface area contributed by atoms with Gasteiger partial charge in [0.15, 0.2) is 5.82 Å². The van der Waals surface area contributed by atoms with Crippen molar-refractivity contribution in [2.75, 3.05) is 26.2 Å². The van der Waals surface area contributed by atoms with Crippen molar-refractivity contribution in [2.45, 2.75) is 26.3 Å². The Bertz CT molecular complexity index is 490. The predicted molar refractivity (Wildman–Crippen MR) is 72.9 cm³/mol. The van der Waals surface area contributed by atoms with Crippen LogP contribution in [0.25, 0.3) is 0 Å². The lowest BCUT2D eigenvalue weighted by atomic mass is 10.00. The number of rotatable bonds is 7. The van der Waals surface area contributed by atoms with Gasteiger partial charge in [-0.2, -0.15) is 22.4 Å². The molecule has 8 nitrogen and oxygen atoms in total. The second-order valence-corrected chi connectivity index (χ2v) is 6.60. The molecule has 2 N–H and O–H groups in total. The number of piperidine rings is 1. The minimum atomic E-state index is -3.48. The molecule has 2 rings (SSSR count). The Hall–Kier alpha value is -1.03. The second-order valence-electron chi connectivity index (χ2n) is 4.85. The van der Waals surface area contributed by atoms with Crippen LogP contribution in [-0.4, -0.2) is 49.0 Å². The summed E-state index contributed by atoms with van der Waals surface area (Å²) in [6.45, 7) is 4.96. The zero-order chi connectivity index (χ0) is 14.4. The van der Waals surface area contributed by atoms with E-state index in [1.807, 2.05) is 6.92 Å². The van der Waals surface area contributed by atoms with Crippen LogP contribution in [0, 0.1) is 5.92 Å². The molecule has 0 spiro atoms. The summed E-state index contributed by atoms with van der Waals surface area (Å²) < 4.78 is 33.0. The van der Waals surface area contributed by atoms with Gasteiger partial charge in [0, 0.05) is 13.1 Å². The summed E-state index contributed by atoms with van der Waals surface area (Å²) in [4.78, 5) is 3.79. The van der Waals surface area contributed by atoms with Crippen molar-refractivity contribution < 1.29 is 12.9 Å². The maximum atomic E-state index is 12.2. The molecule has 1 unspecified atom stereocenters. The van der Waals surface area contributed by atoms with Crippen molar-refractivity contribution in [3.63, 3.8) is 0 Å². The highest BCUT2D eigenvalue weighted by Gasteiger charge is 2.28. The van der Waals surface area contributed by atoms with Gasteiger partial charge < -0.3 is 9.84 Å². The van der Waals surface area contributed by atoms with Crippen LogP contribution in [0.3, 0.4) is 0 Å². The lowest BCUT2D eigenvalue weighted by molar-refractivity contribution is 0.258. The molecule has 1 aliphatic rings. The van der Waals surface area contributed by atoms with Crippen LogP contribution < -0.4 is 10.0 Å². The van der Waals surface area contributed by atoms with E-state index in [0.29, 0.717) is 24.8 Å². The van der Waals surface area contributed by atoms with Crippen molar-refractivity contribution in [2.24, 2.45) is 5.92 Å². The Morgan fingerprint density at radius 2 is 2.40 bits per heavy atom. The average molecular weight is 303 g/mol. The number of aromatic nitrogens is 2. The highest BCUT2D eigenvalue weighted by Crippen LogP contribution is 2.18. The van der Waals surface area contributed by atoms with Crippen molar-refractivity contribution in [1.29, 1.82) is 0 Å². The van der Waals surface area contributed by atoms with Gasteiger partial charge in [-0.15, -0.1) is 0 Å². The molecule has 0 aromatic carbocycles. The fourth-order valence-electron chi connectivity index (χ4n) is 2.28. The van der Waals surface area contributed by atoms with Gasteiger partial charge in [0.05, 0.1) is 6.54 Å². The first-order valence-corrected chi connectivity index (χ1v) is 8.26. The number of nitrogens with zero attached hydrogens (tertiary/aromatic N) is 3. The van der Waals surface area contributed by atoms with Crippen molar-refractivity contribution in [3.8, 4) is 0 Å².